The standard InChI is InChI=1S/C11H17ClFN3/c12-10-2-1-9(11(13)7-10)8-16(5-3-14)6-4-15/h1-2,7H,3-6,8,14-15H2. The van der Waals surface area contributed by atoms with Crippen LogP contribution in [0.15, 0.2) is 18.2 Å². The van der Waals surface area contributed by atoms with Gasteiger partial charge in [-0.1, -0.05) is 17.7 Å². The zero-order valence-corrected chi connectivity index (χ0v) is 9.88. The Hall–Kier alpha value is -0.680. The van der Waals surface area contributed by atoms with Crippen LogP contribution in [0.2, 0.25) is 5.02 Å². The second-order valence-electron chi connectivity index (χ2n) is 3.59. The molecule has 0 aliphatic rings. The van der Waals surface area contributed by atoms with E-state index in [1.54, 1.807) is 12.1 Å². The van der Waals surface area contributed by atoms with Gasteiger partial charge in [0.2, 0.25) is 0 Å². The summed E-state index contributed by atoms with van der Waals surface area (Å²) >= 11 is 5.68. The molecule has 0 saturated heterocycles. The average Bonchev–Trinajstić information content (AvgIpc) is 2.23. The third-order valence-electron chi connectivity index (χ3n) is 2.30. The van der Waals surface area contributed by atoms with Gasteiger partial charge in [0.15, 0.2) is 0 Å². The van der Waals surface area contributed by atoms with Crippen LogP contribution in [0.4, 0.5) is 4.39 Å². The molecule has 16 heavy (non-hydrogen) atoms. The lowest BCUT2D eigenvalue weighted by molar-refractivity contribution is 0.276. The molecule has 0 heterocycles. The smallest absolute Gasteiger partial charge is 0.129 e. The summed E-state index contributed by atoms with van der Waals surface area (Å²) in [6, 6.07) is 4.70. The molecule has 5 heteroatoms. The van der Waals surface area contributed by atoms with E-state index in [4.69, 9.17) is 23.1 Å². The first-order valence-electron chi connectivity index (χ1n) is 5.23. The molecule has 0 aromatic heterocycles. The van der Waals surface area contributed by atoms with Crippen LogP contribution >= 0.6 is 11.6 Å². The van der Waals surface area contributed by atoms with Gasteiger partial charge in [-0.2, -0.15) is 0 Å². The molecule has 1 rings (SSSR count). The van der Waals surface area contributed by atoms with E-state index in [1.165, 1.54) is 6.07 Å². The van der Waals surface area contributed by atoms with E-state index in [0.29, 0.717) is 43.3 Å². The molecule has 3 nitrogen and oxygen atoms in total. The van der Waals surface area contributed by atoms with Crippen molar-refractivity contribution in [3.63, 3.8) is 0 Å². The lowest BCUT2D eigenvalue weighted by Gasteiger charge is -2.20. The molecule has 0 radical (unpaired) electrons. The van der Waals surface area contributed by atoms with Crippen LogP contribution in [0.25, 0.3) is 0 Å². The Bertz CT molecular complexity index is 327. The fraction of sp³-hybridized carbons (Fsp3) is 0.455. The fourth-order valence-electron chi connectivity index (χ4n) is 1.53. The van der Waals surface area contributed by atoms with Gasteiger partial charge in [-0.05, 0) is 12.1 Å². The van der Waals surface area contributed by atoms with Gasteiger partial charge in [0.1, 0.15) is 5.82 Å². The van der Waals surface area contributed by atoms with Crippen molar-refractivity contribution in [3.05, 3.63) is 34.6 Å². The summed E-state index contributed by atoms with van der Waals surface area (Å²) in [6.07, 6.45) is 0. The highest BCUT2D eigenvalue weighted by molar-refractivity contribution is 6.30. The largest absolute Gasteiger partial charge is 0.329 e. The Morgan fingerprint density at radius 2 is 1.81 bits per heavy atom. The number of rotatable bonds is 6. The number of nitrogens with zero attached hydrogens (tertiary/aromatic N) is 1. The molecule has 4 N–H and O–H groups in total. The third kappa shape index (κ3) is 4.06. The maximum Gasteiger partial charge on any atom is 0.129 e. The van der Waals surface area contributed by atoms with Gasteiger partial charge < -0.3 is 11.5 Å². The van der Waals surface area contributed by atoms with Crippen LogP contribution in [0.1, 0.15) is 5.56 Å². The Morgan fingerprint density at radius 1 is 1.19 bits per heavy atom. The van der Waals surface area contributed by atoms with Crippen molar-refractivity contribution in [2.45, 2.75) is 6.54 Å². The molecule has 0 unspecified atom stereocenters. The number of hydrogen-bond donors (Lipinski definition) is 2. The van der Waals surface area contributed by atoms with Gasteiger partial charge in [0.05, 0.1) is 0 Å². The summed E-state index contributed by atoms with van der Waals surface area (Å²) in [6.45, 7) is 3.00. The summed E-state index contributed by atoms with van der Waals surface area (Å²) in [7, 11) is 0. The van der Waals surface area contributed by atoms with Gasteiger partial charge in [-0.25, -0.2) is 4.39 Å². The van der Waals surface area contributed by atoms with Crippen LogP contribution in [-0.4, -0.2) is 31.1 Å². The molecule has 0 aliphatic heterocycles. The second kappa shape index (κ2) is 6.81. The van der Waals surface area contributed by atoms with Crippen molar-refractivity contribution in [3.8, 4) is 0 Å². The van der Waals surface area contributed by atoms with Gasteiger partial charge in [-0.15, -0.1) is 0 Å². The zero-order valence-electron chi connectivity index (χ0n) is 9.13. The predicted octanol–water partition coefficient (Wildman–Crippen LogP) is 1.20. The Kier molecular flexibility index (Phi) is 5.69. The average molecular weight is 246 g/mol. The fourth-order valence-corrected chi connectivity index (χ4v) is 1.68. The summed E-state index contributed by atoms with van der Waals surface area (Å²) in [5.74, 6) is -0.286. The molecule has 0 atom stereocenters. The minimum Gasteiger partial charge on any atom is -0.329 e. The van der Waals surface area contributed by atoms with Crippen LogP contribution in [0, 0.1) is 5.82 Å². The van der Waals surface area contributed by atoms with Gasteiger partial charge in [-0.3, -0.25) is 4.90 Å². The lowest BCUT2D eigenvalue weighted by atomic mass is 10.2. The number of nitrogens with two attached hydrogens (primary N) is 2. The molecule has 1 aromatic carbocycles. The van der Waals surface area contributed by atoms with Crippen molar-refractivity contribution in [1.29, 1.82) is 0 Å². The van der Waals surface area contributed by atoms with E-state index < -0.39 is 0 Å². The van der Waals surface area contributed by atoms with Gasteiger partial charge in [0.25, 0.3) is 0 Å². The minimum atomic E-state index is -0.286. The highest BCUT2D eigenvalue weighted by Crippen LogP contribution is 2.15. The molecule has 0 amide bonds. The Morgan fingerprint density at radius 3 is 2.31 bits per heavy atom. The molecule has 0 aliphatic carbocycles. The summed E-state index contributed by atoms with van der Waals surface area (Å²) < 4.78 is 13.5. The van der Waals surface area contributed by atoms with E-state index >= 15 is 0 Å². The second-order valence-corrected chi connectivity index (χ2v) is 4.03. The molecule has 0 fully saturated rings. The van der Waals surface area contributed by atoms with Crippen molar-refractivity contribution >= 4 is 11.6 Å². The van der Waals surface area contributed by atoms with E-state index in [0.717, 1.165) is 0 Å². The molecule has 0 saturated carbocycles. The van der Waals surface area contributed by atoms with Crippen molar-refractivity contribution < 1.29 is 4.39 Å². The van der Waals surface area contributed by atoms with E-state index in [-0.39, 0.29) is 5.82 Å². The first kappa shape index (κ1) is 13.4. The molecule has 0 bridgehead atoms. The predicted molar refractivity (Wildman–Crippen MR) is 64.8 cm³/mol. The van der Waals surface area contributed by atoms with E-state index in [2.05, 4.69) is 0 Å². The van der Waals surface area contributed by atoms with Crippen molar-refractivity contribution in [2.75, 3.05) is 26.2 Å². The quantitative estimate of drug-likeness (QED) is 0.792. The Balaban J connectivity index is 2.68. The van der Waals surface area contributed by atoms with Crippen LogP contribution in [-0.2, 0) is 6.54 Å². The highest BCUT2D eigenvalue weighted by Gasteiger charge is 2.08. The summed E-state index contributed by atoms with van der Waals surface area (Å²) in [4.78, 5) is 2.02. The SMILES string of the molecule is NCCN(CCN)Cc1ccc(Cl)cc1F. The van der Waals surface area contributed by atoms with Crippen molar-refractivity contribution in [1.82, 2.24) is 4.90 Å². The highest BCUT2D eigenvalue weighted by atomic mass is 35.5. The Labute approximate surface area is 100 Å². The monoisotopic (exact) mass is 245 g/mol. The van der Waals surface area contributed by atoms with Crippen LogP contribution in [0.3, 0.4) is 0 Å². The van der Waals surface area contributed by atoms with Gasteiger partial charge in [0, 0.05) is 43.3 Å². The number of hydrogen-bond acceptors (Lipinski definition) is 3. The molecular formula is C11H17ClFN3. The van der Waals surface area contributed by atoms with E-state index in [9.17, 15) is 4.39 Å². The summed E-state index contributed by atoms with van der Waals surface area (Å²) in [5, 5.41) is 0.408. The number of benzene rings is 1. The number of halogens is 2. The topological polar surface area (TPSA) is 55.3 Å². The molecule has 1 aromatic rings. The first-order valence-corrected chi connectivity index (χ1v) is 5.61. The maximum atomic E-state index is 13.5. The zero-order chi connectivity index (χ0) is 12.0. The molecule has 0 spiro atoms. The minimum absolute atomic E-state index is 0.286. The van der Waals surface area contributed by atoms with Crippen LogP contribution < -0.4 is 11.5 Å². The normalized spacial score (nSPS) is 11.1. The maximum absolute atomic E-state index is 13.5. The molecular weight excluding hydrogens is 229 g/mol. The summed E-state index contributed by atoms with van der Waals surface area (Å²) in [5.41, 5.74) is 11.6. The first-order chi connectivity index (χ1) is 7.67. The molecule has 90 valence electrons. The van der Waals surface area contributed by atoms with Gasteiger partial charge >= 0.3 is 0 Å². The third-order valence-corrected chi connectivity index (χ3v) is 2.53. The van der Waals surface area contributed by atoms with E-state index in [1.807, 2.05) is 4.90 Å². The van der Waals surface area contributed by atoms with Crippen molar-refractivity contribution in [2.24, 2.45) is 11.5 Å². The van der Waals surface area contributed by atoms with Crippen LogP contribution in [0.5, 0.6) is 0 Å². The lowest BCUT2D eigenvalue weighted by Crippen LogP contribution is -2.33.